The molecule has 4 aromatic rings. The topological polar surface area (TPSA) is 206 Å². The number of pyridine rings is 2. The number of hydrogen-bond acceptors (Lipinski definition) is 12. The highest BCUT2D eigenvalue weighted by molar-refractivity contribution is 6.00. The monoisotopic (exact) mass is 1140 g/mol. The number of amides is 2. The lowest BCUT2D eigenvalue weighted by Gasteiger charge is -2.60. The minimum Gasteiger partial charge on any atom is -0.508 e. The molecule has 6 fully saturated rings. The molecule has 0 spiro atoms. The number of phenols is 2. The van der Waals surface area contributed by atoms with Crippen molar-refractivity contribution in [1.82, 2.24) is 20.2 Å². The van der Waals surface area contributed by atoms with Gasteiger partial charge in [-0.3, -0.25) is 24.4 Å². The Hall–Kier alpha value is -5.96. The van der Waals surface area contributed by atoms with Crippen molar-refractivity contribution in [3.63, 3.8) is 0 Å². The minimum atomic E-state index is -0.305. The van der Waals surface area contributed by atoms with Gasteiger partial charge in [0.2, 0.25) is 0 Å². The minimum absolute atomic E-state index is 0.0204. The van der Waals surface area contributed by atoms with Crippen molar-refractivity contribution in [2.24, 2.45) is 62.9 Å². The zero-order chi connectivity index (χ0) is 60.9. The molecule has 2 aliphatic heterocycles. The van der Waals surface area contributed by atoms with E-state index in [-0.39, 0.29) is 98.9 Å². The second-order valence-corrected chi connectivity index (χ2v) is 26.9. The third-order valence-corrected chi connectivity index (χ3v) is 19.3. The third-order valence-electron chi connectivity index (χ3n) is 19.3. The van der Waals surface area contributed by atoms with Crippen LogP contribution in [0.2, 0.25) is 0 Å². The molecule has 4 saturated carbocycles. The summed E-state index contributed by atoms with van der Waals surface area (Å²) in [5, 5.41) is 26.2. The number of allylic oxidation sites excluding steroid dienone is 1. The Morgan fingerprint density at radius 1 is 0.711 bits per heavy atom. The van der Waals surface area contributed by atoms with Gasteiger partial charge in [-0.1, -0.05) is 80.9 Å². The molecule has 2 amide bonds. The van der Waals surface area contributed by atoms with E-state index in [1.165, 1.54) is 51.6 Å². The van der Waals surface area contributed by atoms with E-state index in [0.29, 0.717) is 34.4 Å². The van der Waals surface area contributed by atoms with Gasteiger partial charge >= 0.3 is 12.0 Å². The van der Waals surface area contributed by atoms with Crippen LogP contribution in [0.15, 0.2) is 97.8 Å². The number of esters is 1. The Morgan fingerprint density at radius 2 is 1.22 bits per heavy atom. The summed E-state index contributed by atoms with van der Waals surface area (Å²) in [6, 6.07) is 17.2. The third kappa shape index (κ3) is 17.6. The number of anilines is 1. The lowest BCUT2D eigenvalue weighted by Crippen LogP contribution is -2.61. The van der Waals surface area contributed by atoms with Crippen molar-refractivity contribution in [1.29, 1.82) is 0 Å². The first-order valence-corrected chi connectivity index (χ1v) is 30.6. The molecule has 4 aliphatic carbocycles. The number of urea groups is 1. The fraction of sp³-hybridized carbons (Fsp3) is 0.594. The molecule has 2 aromatic heterocycles. The van der Waals surface area contributed by atoms with E-state index in [2.05, 4.69) is 94.5 Å². The van der Waals surface area contributed by atoms with E-state index < -0.39 is 0 Å². The van der Waals surface area contributed by atoms with Crippen LogP contribution in [-0.2, 0) is 20.7 Å². The lowest BCUT2D eigenvalue weighted by atomic mass is 9.45. The highest BCUT2D eigenvalue weighted by atomic mass is 16.5. The number of ether oxygens (including phenoxy) is 2. The van der Waals surface area contributed by atoms with Crippen LogP contribution in [0.5, 0.6) is 11.5 Å². The largest absolute Gasteiger partial charge is 0.508 e. The van der Waals surface area contributed by atoms with Crippen molar-refractivity contribution in [2.45, 2.75) is 172 Å². The van der Waals surface area contributed by atoms with E-state index in [9.17, 15) is 29.4 Å². The number of ketones is 2. The molecule has 2 aromatic carbocycles. The van der Waals surface area contributed by atoms with E-state index in [1.807, 2.05) is 32.0 Å². The highest BCUT2D eigenvalue weighted by Gasteiger charge is 2.60. The maximum absolute atomic E-state index is 14.1. The molecule has 4 heterocycles. The zero-order valence-corrected chi connectivity index (χ0v) is 52.2. The normalized spacial score (nSPS) is 28.3. The molecular formula is C69H100N6O8. The average Bonchev–Trinajstić information content (AvgIpc) is 4.18. The number of rotatable bonds is 9. The summed E-state index contributed by atoms with van der Waals surface area (Å²) in [6.07, 6.45) is 20.7. The van der Waals surface area contributed by atoms with Gasteiger partial charge in [0, 0.05) is 66.9 Å². The number of aryl methyl sites for hydroxylation is 2. The van der Waals surface area contributed by atoms with E-state index in [0.717, 1.165) is 68.4 Å². The fourth-order valence-electron chi connectivity index (χ4n) is 15.4. The maximum atomic E-state index is 14.1. The van der Waals surface area contributed by atoms with Gasteiger partial charge in [-0.05, 0) is 222 Å². The summed E-state index contributed by atoms with van der Waals surface area (Å²) in [7, 11) is 2.17. The Morgan fingerprint density at radius 3 is 1.65 bits per heavy atom. The average molecular weight is 1140 g/mol. The van der Waals surface area contributed by atoms with Gasteiger partial charge in [0.15, 0.2) is 11.6 Å². The molecule has 10 atom stereocenters. The second kappa shape index (κ2) is 29.2. The summed E-state index contributed by atoms with van der Waals surface area (Å²) < 4.78 is 9.74. The first kappa shape index (κ1) is 66.2. The number of nitrogens with zero attached hydrogens (tertiary/aromatic N) is 3. The Balaban J connectivity index is 0.000000195. The van der Waals surface area contributed by atoms with E-state index in [4.69, 9.17) is 15.2 Å². The molecule has 454 valence electrons. The number of Topliss-reactive ketones (excluding diaryl/α,β-unsaturated/α-hetero) is 2. The first-order valence-electron chi connectivity index (χ1n) is 30.6. The quantitative estimate of drug-likeness (QED) is 0.0603. The molecule has 0 unspecified atom stereocenters. The van der Waals surface area contributed by atoms with Crippen LogP contribution in [0.4, 0.5) is 10.5 Å². The number of nitrogens with one attached hydrogen (secondary N) is 2. The summed E-state index contributed by atoms with van der Waals surface area (Å²) in [6.45, 7) is 31.7. The van der Waals surface area contributed by atoms with Crippen LogP contribution in [0, 0.1) is 71.0 Å². The molecular weight excluding hydrogens is 1040 g/mol. The Kier molecular flexibility index (Phi) is 23.3. The number of likely N-dealkylation sites (tertiary alicyclic amines) is 1. The van der Waals surface area contributed by atoms with Crippen LogP contribution in [0.25, 0.3) is 0 Å². The van der Waals surface area contributed by atoms with E-state index >= 15 is 0 Å². The Labute approximate surface area is 496 Å². The number of aromatic nitrogens is 2. The van der Waals surface area contributed by atoms with Gasteiger partial charge in [0.1, 0.15) is 11.5 Å². The van der Waals surface area contributed by atoms with Crippen molar-refractivity contribution in [3.05, 3.63) is 126 Å². The van der Waals surface area contributed by atoms with Gasteiger partial charge in [-0.25, -0.2) is 4.79 Å². The zero-order valence-electron chi connectivity index (χ0n) is 52.2. The predicted octanol–water partition coefficient (Wildman–Crippen LogP) is 13.9. The summed E-state index contributed by atoms with van der Waals surface area (Å²) in [5.74, 6) is 1.14. The first-order chi connectivity index (χ1) is 39.1. The van der Waals surface area contributed by atoms with Crippen LogP contribution >= 0.6 is 0 Å². The van der Waals surface area contributed by atoms with Crippen LogP contribution in [0.3, 0.4) is 0 Å². The summed E-state index contributed by atoms with van der Waals surface area (Å²) in [4.78, 5) is 61.9. The van der Waals surface area contributed by atoms with Gasteiger partial charge in [-0.2, -0.15) is 0 Å². The summed E-state index contributed by atoms with van der Waals surface area (Å²) >= 11 is 0. The molecule has 0 radical (unpaired) electrons. The van der Waals surface area contributed by atoms with Gasteiger partial charge in [0.25, 0.3) is 0 Å². The molecule has 6 aliphatic rings. The number of carbonyl (C=O) groups excluding carboxylic acids is 4. The van der Waals surface area contributed by atoms with Crippen molar-refractivity contribution in [3.8, 4) is 11.5 Å². The van der Waals surface area contributed by atoms with Crippen molar-refractivity contribution < 1.29 is 38.9 Å². The number of carbonyl (C=O) groups is 4. The molecule has 10 rings (SSSR count). The fourth-order valence-corrected chi connectivity index (χ4v) is 15.4. The predicted molar refractivity (Wildman–Crippen MR) is 331 cm³/mol. The number of aromatic hydroxyl groups is 2. The number of hydrogen-bond donors (Lipinski definition) is 5. The van der Waals surface area contributed by atoms with E-state index in [1.54, 1.807) is 74.2 Å². The lowest BCUT2D eigenvalue weighted by molar-refractivity contribution is -0.138. The molecule has 0 bridgehead atoms. The second-order valence-electron chi connectivity index (χ2n) is 26.9. The van der Waals surface area contributed by atoms with Gasteiger partial charge in [-0.15, -0.1) is 0 Å². The van der Waals surface area contributed by atoms with Crippen LogP contribution < -0.4 is 16.4 Å². The van der Waals surface area contributed by atoms with Crippen LogP contribution in [-0.4, -0.2) is 94.1 Å². The number of benzene rings is 2. The molecule has 6 N–H and O–H groups in total. The van der Waals surface area contributed by atoms with Crippen molar-refractivity contribution >= 4 is 29.3 Å². The highest BCUT2D eigenvalue weighted by Crippen LogP contribution is 2.63. The smallest absolute Gasteiger partial charge is 0.319 e. The number of nitrogens with two attached hydrogens (primary N) is 1. The SMILES string of the molecule is C1CCOC1.C=C(C)OC(=O)Cc1cccnc1.CN1CCCC1.Cc1cc(O)cc(C(=O)[C@H]2[C@H](C)[C@H](N)C[C@H]3C(C)(C)CCC[C@]23C)c1.Cc1cc(O)cc(C(=O)[C@H]2[C@H](C)[C@H](NC(=O)Nc3cccnc3)C[C@H]3C(C)(C)CCC[C@]23C)c1. The maximum Gasteiger partial charge on any atom is 0.319 e. The van der Waals surface area contributed by atoms with Gasteiger partial charge < -0.3 is 41.0 Å². The number of fused-ring (bicyclic) bond motifs is 2. The Bertz CT molecular complexity index is 2750. The summed E-state index contributed by atoms with van der Waals surface area (Å²) in [5.41, 5.74) is 11.1. The molecule has 14 nitrogen and oxygen atoms in total. The molecule has 14 heteroatoms. The van der Waals surface area contributed by atoms with Crippen LogP contribution in [0.1, 0.15) is 177 Å². The standard InChI is InChI=1S/C28H37N3O3.C22H33NO2.C10H11NO2.C5H11N.C4H8O/c1-17-12-19(14-21(32)13-17)25(33)24-18(2)22(31-26(34)30-20-8-6-11-29-16-20)15-23-27(3,4)9-7-10-28(23,24)5;1-13-9-15(11-16(24)10-13)20(25)19-14(2)17(23)12-18-21(3,4)7-6-8-22(18,19)5;1-8(2)13-10(12)6-9-4-3-5-11-7-9;1-6-4-2-3-5-6;1-2-4-5-3-1/h6,8,11-14,16,18,22-24,32H,7,9-10,15H2,1-5H3,(H2,30,31,34);9-11,14,17-19,24H,6-8,12,23H2,1-5H3;3-5,7H,1,6H2,2H3;2-5H2,1H3;1-4H2/t18-,22-,23+,24-,28+;14-,17-,18+,19-,22+;;;/m11.../s1. The molecule has 83 heavy (non-hydrogen) atoms. The van der Waals surface area contributed by atoms with Crippen molar-refractivity contribution in [2.75, 3.05) is 38.7 Å². The van der Waals surface area contributed by atoms with Gasteiger partial charge in [0.05, 0.1) is 24.1 Å². The number of phenolic OH excluding ortho intramolecular Hbond substituents is 2. The molecule has 2 saturated heterocycles.